The number of β-lactam (4-membered cyclic amide) rings is 1. The molecule has 0 bridgehead atoms. The summed E-state index contributed by atoms with van der Waals surface area (Å²) in [6.07, 6.45) is 0.462. The Morgan fingerprint density at radius 2 is 2.39 bits per heavy atom. The molecule has 3 rings (SSSR count). The van der Waals surface area contributed by atoms with Gasteiger partial charge in [-0.2, -0.15) is 0 Å². The molecule has 2 aliphatic rings. The molecular formula is C13H12ClN3O3S3. The Labute approximate surface area is 150 Å². The molecule has 1 saturated heterocycles. The zero-order valence-corrected chi connectivity index (χ0v) is 15.1. The molecule has 0 unspecified atom stereocenters. The summed E-state index contributed by atoms with van der Waals surface area (Å²) in [5.41, 5.74) is 0.735. The third kappa shape index (κ3) is 3.10. The van der Waals surface area contributed by atoms with Crippen LogP contribution in [0.1, 0.15) is 10.7 Å². The van der Waals surface area contributed by atoms with Gasteiger partial charge in [-0.1, -0.05) is 23.8 Å². The van der Waals surface area contributed by atoms with E-state index < -0.39 is 12.0 Å². The fraction of sp³-hybridized carbons (Fsp3) is 0.385. The Hall–Kier alpha value is -1.16. The fourth-order valence-electron chi connectivity index (χ4n) is 2.46. The molecule has 0 spiro atoms. The molecule has 122 valence electrons. The molecule has 0 saturated carbocycles. The van der Waals surface area contributed by atoms with Gasteiger partial charge < -0.3 is 10.4 Å². The number of carbonyl (C=O) groups excluding carboxylic acids is 1. The molecule has 23 heavy (non-hydrogen) atoms. The van der Waals surface area contributed by atoms with E-state index in [2.05, 4.69) is 10.3 Å². The normalized spacial score (nSPS) is 23.4. The van der Waals surface area contributed by atoms with E-state index >= 15 is 0 Å². The van der Waals surface area contributed by atoms with Gasteiger partial charge in [0, 0.05) is 17.6 Å². The summed E-state index contributed by atoms with van der Waals surface area (Å²) < 4.78 is 0. The average molecular weight is 390 g/mol. The number of aromatic nitrogens is 1. The number of fused-ring (bicyclic) bond motifs is 1. The molecule has 1 fully saturated rings. The number of aryl methyl sites for hydroxylation is 1. The van der Waals surface area contributed by atoms with Crippen molar-refractivity contribution in [2.45, 2.75) is 24.8 Å². The van der Waals surface area contributed by atoms with Crippen LogP contribution in [-0.2, 0) is 16.0 Å². The predicted octanol–water partition coefficient (Wildman–Crippen LogP) is 1.73. The maximum atomic E-state index is 12.3. The Balaban J connectivity index is 1.66. The van der Waals surface area contributed by atoms with E-state index in [4.69, 9.17) is 23.8 Å². The molecule has 10 heteroatoms. The number of thiocarbonyl (C=S) groups is 1. The molecule has 2 N–H and O–H groups in total. The van der Waals surface area contributed by atoms with Crippen LogP contribution in [0.5, 0.6) is 0 Å². The van der Waals surface area contributed by atoms with Crippen LogP contribution in [0, 0.1) is 6.92 Å². The Morgan fingerprint density at radius 1 is 1.65 bits per heavy atom. The summed E-state index contributed by atoms with van der Waals surface area (Å²) in [5, 5.41) is 15.0. The molecule has 0 aromatic carbocycles. The lowest BCUT2D eigenvalue weighted by molar-refractivity contribution is -0.148. The molecule has 6 nitrogen and oxygen atoms in total. The molecule has 1 aromatic heterocycles. The summed E-state index contributed by atoms with van der Waals surface area (Å²) >= 11 is 14.2. The third-order valence-electron chi connectivity index (χ3n) is 3.45. The first-order valence-electron chi connectivity index (χ1n) is 6.65. The molecule has 1 amide bonds. The van der Waals surface area contributed by atoms with Crippen LogP contribution in [0.15, 0.2) is 16.1 Å². The van der Waals surface area contributed by atoms with Crippen LogP contribution in [-0.4, -0.2) is 49.0 Å². The number of nitrogens with zero attached hydrogens (tertiary/aromatic N) is 2. The largest absolute Gasteiger partial charge is 0.477 e. The van der Waals surface area contributed by atoms with Crippen molar-refractivity contribution in [1.82, 2.24) is 15.2 Å². The number of aliphatic carboxylic acids is 1. The molecule has 0 radical (unpaired) electrons. The quantitative estimate of drug-likeness (QED) is 0.599. The number of halogens is 1. The van der Waals surface area contributed by atoms with Gasteiger partial charge in [0.2, 0.25) is 0 Å². The van der Waals surface area contributed by atoms with Gasteiger partial charge >= 0.3 is 5.97 Å². The van der Waals surface area contributed by atoms with Crippen LogP contribution in [0.25, 0.3) is 0 Å². The number of thiazole rings is 1. The van der Waals surface area contributed by atoms with Gasteiger partial charge in [-0.3, -0.25) is 9.69 Å². The van der Waals surface area contributed by atoms with Crippen molar-refractivity contribution in [2.75, 3.05) is 5.75 Å². The van der Waals surface area contributed by atoms with Crippen molar-refractivity contribution >= 4 is 63.8 Å². The summed E-state index contributed by atoms with van der Waals surface area (Å²) in [5.74, 6) is -1.14. The van der Waals surface area contributed by atoms with Crippen molar-refractivity contribution in [2.24, 2.45) is 0 Å². The third-order valence-corrected chi connectivity index (χ3v) is 6.28. The van der Waals surface area contributed by atoms with Crippen molar-refractivity contribution in [3.05, 3.63) is 26.8 Å². The van der Waals surface area contributed by atoms with E-state index in [-0.39, 0.29) is 22.0 Å². The maximum absolute atomic E-state index is 12.3. The van der Waals surface area contributed by atoms with Crippen LogP contribution in [0.2, 0.25) is 0 Å². The number of nitrogens with one attached hydrogen (secondary N) is 1. The highest BCUT2D eigenvalue weighted by Crippen LogP contribution is 2.41. The van der Waals surface area contributed by atoms with E-state index in [1.165, 1.54) is 16.7 Å². The van der Waals surface area contributed by atoms with E-state index in [0.29, 0.717) is 17.2 Å². The van der Waals surface area contributed by atoms with Crippen LogP contribution < -0.4 is 5.32 Å². The van der Waals surface area contributed by atoms with Crippen molar-refractivity contribution < 1.29 is 14.7 Å². The summed E-state index contributed by atoms with van der Waals surface area (Å²) in [4.78, 5) is 29.6. The second-order valence-electron chi connectivity index (χ2n) is 5.05. The predicted molar refractivity (Wildman–Crippen MR) is 93.7 cm³/mol. The van der Waals surface area contributed by atoms with Crippen LogP contribution in [0.3, 0.4) is 0 Å². The second kappa shape index (κ2) is 6.39. The number of hydrogen-bond donors (Lipinski definition) is 2. The maximum Gasteiger partial charge on any atom is 0.353 e. The Bertz CT molecular complexity index is 733. The van der Waals surface area contributed by atoms with Gasteiger partial charge in [-0.05, 0) is 6.92 Å². The number of carboxylic acids is 1. The first-order valence-corrected chi connectivity index (χ1v) is 9.37. The Morgan fingerprint density at radius 3 is 3.00 bits per heavy atom. The van der Waals surface area contributed by atoms with E-state index in [0.717, 1.165) is 10.7 Å². The van der Waals surface area contributed by atoms with Crippen molar-refractivity contribution in [3.8, 4) is 0 Å². The number of rotatable bonds is 4. The lowest BCUT2D eigenvalue weighted by atomic mass is 10.0. The van der Waals surface area contributed by atoms with Gasteiger partial charge in [-0.15, -0.1) is 23.1 Å². The van der Waals surface area contributed by atoms with Crippen LogP contribution >= 0.6 is 46.9 Å². The second-order valence-corrected chi connectivity index (χ2v) is 8.16. The minimum Gasteiger partial charge on any atom is -0.477 e. The van der Waals surface area contributed by atoms with Gasteiger partial charge in [0.25, 0.3) is 5.91 Å². The van der Waals surface area contributed by atoms with Gasteiger partial charge in [-0.25, -0.2) is 9.78 Å². The minimum absolute atomic E-state index is 0.125. The molecule has 1 aromatic rings. The first kappa shape index (κ1) is 16.7. The topological polar surface area (TPSA) is 82.5 Å². The summed E-state index contributed by atoms with van der Waals surface area (Å²) in [6, 6.07) is -0.522. The highest BCUT2D eigenvalue weighted by molar-refractivity contribution is 8.00. The zero-order valence-electron chi connectivity index (χ0n) is 11.9. The average Bonchev–Trinajstić information content (AvgIpc) is 2.89. The minimum atomic E-state index is -1.19. The number of amides is 1. The summed E-state index contributed by atoms with van der Waals surface area (Å²) in [6.45, 7) is 1.92. The van der Waals surface area contributed by atoms with Crippen molar-refractivity contribution in [3.63, 3.8) is 0 Å². The standard InChI is InChI=1S/C13H12ClN3O3S3/c1-5-15-6(3-22-5)2-8(21)16-9-11(18)17-10(13(19)20)7(14)4-23-12(9)17/h3,9,12H,2,4H2,1H3,(H,16,21)(H,19,20)/t9-,12+/m1/s1. The lowest BCUT2D eigenvalue weighted by Crippen LogP contribution is -2.70. The van der Waals surface area contributed by atoms with E-state index in [9.17, 15) is 14.7 Å². The number of carboxylic acid groups (broad SMARTS) is 1. The molecule has 2 aliphatic heterocycles. The van der Waals surface area contributed by atoms with E-state index in [1.54, 1.807) is 11.3 Å². The number of carbonyl (C=O) groups is 2. The molecule has 2 atom stereocenters. The van der Waals surface area contributed by atoms with Gasteiger partial charge in [0.05, 0.1) is 20.7 Å². The monoisotopic (exact) mass is 389 g/mol. The molecular weight excluding hydrogens is 378 g/mol. The lowest BCUT2D eigenvalue weighted by Gasteiger charge is -2.49. The smallest absolute Gasteiger partial charge is 0.353 e. The fourth-order valence-corrected chi connectivity index (χ4v) is 4.90. The SMILES string of the molecule is Cc1nc(CC(=S)N[C@@H]2C(=O)N3C(C(=O)O)=C(Cl)CS[C@@H]23)cs1. The Kier molecular flexibility index (Phi) is 4.63. The molecule has 3 heterocycles. The first-order chi connectivity index (χ1) is 10.9. The zero-order chi connectivity index (χ0) is 16.7. The number of thioether (sulfide) groups is 1. The highest BCUT2D eigenvalue weighted by Gasteiger charge is 2.53. The van der Waals surface area contributed by atoms with Gasteiger partial charge in [0.15, 0.2) is 0 Å². The molecule has 0 aliphatic carbocycles. The van der Waals surface area contributed by atoms with E-state index in [1.807, 2.05) is 12.3 Å². The number of hydrogen-bond acceptors (Lipinski definition) is 6. The summed E-state index contributed by atoms with van der Waals surface area (Å²) in [7, 11) is 0. The van der Waals surface area contributed by atoms with Gasteiger partial charge in [0.1, 0.15) is 17.1 Å². The van der Waals surface area contributed by atoms with Crippen molar-refractivity contribution in [1.29, 1.82) is 0 Å². The van der Waals surface area contributed by atoms with Crippen LogP contribution in [0.4, 0.5) is 0 Å². The highest BCUT2D eigenvalue weighted by atomic mass is 35.5.